The van der Waals surface area contributed by atoms with Gasteiger partial charge in [-0.2, -0.15) is 0 Å². The fraction of sp³-hybridized carbons (Fsp3) is 0.176. The van der Waals surface area contributed by atoms with Gasteiger partial charge in [-0.15, -0.1) is 0 Å². The summed E-state index contributed by atoms with van der Waals surface area (Å²) in [5, 5.41) is 2.46. The molecule has 0 spiro atoms. The second-order valence-corrected chi connectivity index (χ2v) is 7.14. The zero-order valence-corrected chi connectivity index (χ0v) is 14.9. The minimum Gasteiger partial charge on any atom is -0.355 e. The number of sulfonamides is 1. The van der Waals surface area contributed by atoms with Crippen molar-refractivity contribution in [3.8, 4) is 0 Å². The Bertz CT molecular complexity index is 890. The first-order valence-electron chi connectivity index (χ1n) is 7.42. The molecule has 7 nitrogen and oxygen atoms in total. The number of hydrogen-bond acceptors (Lipinski definition) is 4. The highest BCUT2D eigenvalue weighted by Crippen LogP contribution is 2.21. The predicted octanol–water partition coefficient (Wildman–Crippen LogP) is 1.55. The van der Waals surface area contributed by atoms with Gasteiger partial charge in [0, 0.05) is 26.7 Å². The lowest BCUT2D eigenvalue weighted by Crippen LogP contribution is -2.24. The van der Waals surface area contributed by atoms with Gasteiger partial charge in [-0.1, -0.05) is 12.1 Å². The first kappa shape index (κ1) is 18.5. The number of nitrogens with one attached hydrogen (secondary N) is 2. The van der Waals surface area contributed by atoms with Crippen LogP contribution in [0.15, 0.2) is 53.4 Å². The summed E-state index contributed by atoms with van der Waals surface area (Å²) in [6.45, 7) is 0. The molecule has 2 amide bonds. The molecular formula is C17H19N3O4S. The molecule has 0 atom stereocenters. The summed E-state index contributed by atoms with van der Waals surface area (Å²) in [4.78, 5) is 25.1. The second-order valence-electron chi connectivity index (χ2n) is 5.45. The number of carbonyl (C=O) groups excluding carboxylic acids is 2. The van der Waals surface area contributed by atoms with Crippen molar-refractivity contribution in [3.63, 3.8) is 0 Å². The summed E-state index contributed by atoms with van der Waals surface area (Å²) in [5.41, 5.74) is 0.791. The lowest BCUT2D eigenvalue weighted by molar-refractivity contribution is 0.0828. The smallest absolute Gasteiger partial charge is 0.261 e. The van der Waals surface area contributed by atoms with Gasteiger partial charge in [0.25, 0.3) is 21.8 Å². The van der Waals surface area contributed by atoms with Crippen molar-refractivity contribution in [1.82, 2.24) is 10.2 Å². The molecule has 8 heteroatoms. The first-order chi connectivity index (χ1) is 11.8. The van der Waals surface area contributed by atoms with Crippen LogP contribution in [-0.2, 0) is 10.0 Å². The molecule has 0 unspecified atom stereocenters. The molecular weight excluding hydrogens is 342 g/mol. The molecule has 0 aromatic heterocycles. The fourth-order valence-corrected chi connectivity index (χ4v) is 3.21. The number of hydrogen-bond donors (Lipinski definition) is 2. The Morgan fingerprint density at radius 1 is 0.960 bits per heavy atom. The van der Waals surface area contributed by atoms with Crippen LogP contribution in [0.5, 0.6) is 0 Å². The molecule has 0 saturated heterocycles. The van der Waals surface area contributed by atoms with Gasteiger partial charge in [-0.25, -0.2) is 8.42 Å². The Kier molecular flexibility index (Phi) is 5.43. The standard InChI is InChI=1S/C17H19N3O4S/c1-18-16(21)12-8-10-13(11-9-12)25(23,24)19-15-7-5-4-6-14(15)17(22)20(2)3/h4-11,19H,1-3H3,(H,18,21). The van der Waals surface area contributed by atoms with E-state index in [-0.39, 0.29) is 28.0 Å². The van der Waals surface area contributed by atoms with Crippen LogP contribution >= 0.6 is 0 Å². The van der Waals surface area contributed by atoms with Crippen LogP contribution in [0.25, 0.3) is 0 Å². The van der Waals surface area contributed by atoms with Gasteiger partial charge in [0.2, 0.25) is 0 Å². The summed E-state index contributed by atoms with van der Waals surface area (Å²) in [6.07, 6.45) is 0. The Labute approximate surface area is 146 Å². The highest BCUT2D eigenvalue weighted by Gasteiger charge is 2.19. The summed E-state index contributed by atoms with van der Waals surface area (Å²) in [6, 6.07) is 11.9. The van der Waals surface area contributed by atoms with E-state index in [2.05, 4.69) is 10.0 Å². The fourth-order valence-electron chi connectivity index (χ4n) is 2.13. The number of rotatable bonds is 5. The minimum absolute atomic E-state index is 0.00717. The van der Waals surface area contributed by atoms with Gasteiger partial charge in [-0.3, -0.25) is 14.3 Å². The molecule has 0 aliphatic carbocycles. The van der Waals surface area contributed by atoms with Crippen molar-refractivity contribution < 1.29 is 18.0 Å². The molecule has 0 saturated carbocycles. The zero-order valence-electron chi connectivity index (χ0n) is 14.1. The van der Waals surface area contributed by atoms with Crippen LogP contribution in [0.3, 0.4) is 0 Å². The largest absolute Gasteiger partial charge is 0.355 e. The number of benzene rings is 2. The van der Waals surface area contributed by atoms with Crippen LogP contribution < -0.4 is 10.0 Å². The lowest BCUT2D eigenvalue weighted by atomic mass is 10.1. The van der Waals surface area contributed by atoms with Crippen molar-refractivity contribution in [2.75, 3.05) is 25.9 Å². The average Bonchev–Trinajstić information content (AvgIpc) is 2.60. The van der Waals surface area contributed by atoms with E-state index in [1.165, 1.54) is 42.3 Å². The van der Waals surface area contributed by atoms with Gasteiger partial charge in [0.05, 0.1) is 16.1 Å². The molecule has 2 rings (SSSR count). The van der Waals surface area contributed by atoms with Gasteiger partial charge in [-0.05, 0) is 36.4 Å². The molecule has 0 radical (unpaired) electrons. The molecule has 2 aromatic carbocycles. The molecule has 2 N–H and O–H groups in total. The normalized spacial score (nSPS) is 10.8. The van der Waals surface area contributed by atoms with Crippen LogP contribution in [0.1, 0.15) is 20.7 Å². The van der Waals surface area contributed by atoms with E-state index in [1.807, 2.05) is 0 Å². The zero-order chi connectivity index (χ0) is 18.6. The minimum atomic E-state index is -3.90. The van der Waals surface area contributed by atoms with Crippen molar-refractivity contribution in [3.05, 3.63) is 59.7 Å². The van der Waals surface area contributed by atoms with Crippen LogP contribution in [-0.4, -0.2) is 46.3 Å². The van der Waals surface area contributed by atoms with E-state index in [1.54, 1.807) is 32.3 Å². The molecule has 0 fully saturated rings. The van der Waals surface area contributed by atoms with E-state index in [0.29, 0.717) is 5.56 Å². The van der Waals surface area contributed by atoms with Crippen LogP contribution in [0, 0.1) is 0 Å². The Hall–Kier alpha value is -2.87. The third kappa shape index (κ3) is 4.16. The summed E-state index contributed by atoms with van der Waals surface area (Å²) >= 11 is 0. The van der Waals surface area contributed by atoms with Crippen molar-refractivity contribution >= 4 is 27.5 Å². The third-order valence-corrected chi connectivity index (χ3v) is 4.84. The first-order valence-corrected chi connectivity index (χ1v) is 8.90. The summed E-state index contributed by atoms with van der Waals surface area (Å²) < 4.78 is 27.5. The van der Waals surface area contributed by atoms with Crippen LogP contribution in [0.2, 0.25) is 0 Å². The van der Waals surface area contributed by atoms with E-state index in [4.69, 9.17) is 0 Å². The number of carbonyl (C=O) groups is 2. The summed E-state index contributed by atoms with van der Waals surface area (Å²) in [5.74, 6) is -0.618. The maximum Gasteiger partial charge on any atom is 0.261 e. The molecule has 0 heterocycles. The van der Waals surface area contributed by atoms with E-state index in [9.17, 15) is 18.0 Å². The SMILES string of the molecule is CNC(=O)c1ccc(S(=O)(=O)Nc2ccccc2C(=O)N(C)C)cc1. The number of nitrogens with zero attached hydrogens (tertiary/aromatic N) is 1. The molecule has 2 aromatic rings. The molecule has 132 valence electrons. The van der Waals surface area contributed by atoms with E-state index in [0.717, 1.165) is 0 Å². The highest BCUT2D eigenvalue weighted by molar-refractivity contribution is 7.92. The van der Waals surface area contributed by atoms with E-state index >= 15 is 0 Å². The molecule has 0 aliphatic rings. The van der Waals surface area contributed by atoms with Crippen LogP contribution in [0.4, 0.5) is 5.69 Å². The van der Waals surface area contributed by atoms with Gasteiger partial charge in [0.15, 0.2) is 0 Å². The lowest BCUT2D eigenvalue weighted by Gasteiger charge is -2.15. The number of amides is 2. The van der Waals surface area contributed by atoms with E-state index < -0.39 is 10.0 Å². The molecule has 0 bridgehead atoms. The predicted molar refractivity (Wildman–Crippen MR) is 95.1 cm³/mol. The Morgan fingerprint density at radius 2 is 1.56 bits per heavy atom. The maximum absolute atomic E-state index is 12.6. The van der Waals surface area contributed by atoms with Gasteiger partial charge < -0.3 is 10.2 Å². The average molecular weight is 361 g/mol. The topological polar surface area (TPSA) is 95.6 Å². The second kappa shape index (κ2) is 7.35. The molecule has 0 aliphatic heterocycles. The number of para-hydroxylation sites is 1. The Morgan fingerprint density at radius 3 is 2.12 bits per heavy atom. The summed E-state index contributed by atoms with van der Waals surface area (Å²) in [7, 11) is 0.773. The maximum atomic E-state index is 12.6. The highest BCUT2D eigenvalue weighted by atomic mass is 32.2. The van der Waals surface area contributed by atoms with Crippen molar-refractivity contribution in [2.24, 2.45) is 0 Å². The Balaban J connectivity index is 2.34. The quantitative estimate of drug-likeness (QED) is 0.845. The van der Waals surface area contributed by atoms with Crippen molar-refractivity contribution in [2.45, 2.75) is 4.90 Å². The molecule has 25 heavy (non-hydrogen) atoms. The van der Waals surface area contributed by atoms with Gasteiger partial charge in [0.1, 0.15) is 0 Å². The third-order valence-electron chi connectivity index (χ3n) is 3.46. The number of anilines is 1. The monoisotopic (exact) mass is 361 g/mol. The van der Waals surface area contributed by atoms with Crippen molar-refractivity contribution in [1.29, 1.82) is 0 Å². The van der Waals surface area contributed by atoms with Gasteiger partial charge >= 0.3 is 0 Å².